The zero-order valence-electron chi connectivity index (χ0n) is 18.2. The van der Waals surface area contributed by atoms with Gasteiger partial charge in [-0.05, 0) is 68.8 Å². The van der Waals surface area contributed by atoms with Gasteiger partial charge in [-0.3, -0.25) is 9.69 Å². The molecular formula is C25H24FN3O3. The molecule has 6 nitrogen and oxygen atoms in total. The largest absolute Gasteiger partial charge is 0.494 e. The van der Waals surface area contributed by atoms with E-state index in [1.807, 2.05) is 51.1 Å². The lowest BCUT2D eigenvalue weighted by Crippen LogP contribution is -2.30. The third-order valence-corrected chi connectivity index (χ3v) is 5.42. The highest BCUT2D eigenvalue weighted by Gasteiger charge is 2.34. The van der Waals surface area contributed by atoms with E-state index in [9.17, 15) is 14.0 Å². The Kier molecular flexibility index (Phi) is 5.81. The summed E-state index contributed by atoms with van der Waals surface area (Å²) in [5, 5.41) is 2.61. The van der Waals surface area contributed by atoms with Gasteiger partial charge in [0, 0.05) is 22.6 Å². The Hall–Kier alpha value is -3.87. The van der Waals surface area contributed by atoms with Crippen molar-refractivity contribution in [3.05, 3.63) is 88.6 Å². The first-order valence-corrected chi connectivity index (χ1v) is 10.4. The summed E-state index contributed by atoms with van der Waals surface area (Å²) < 4.78 is 21.6. The van der Waals surface area contributed by atoms with Gasteiger partial charge < -0.3 is 14.6 Å². The molecule has 0 bridgehead atoms. The Morgan fingerprint density at radius 1 is 1.06 bits per heavy atom. The topological polar surface area (TPSA) is 63.6 Å². The number of hydrogen-bond donors (Lipinski definition) is 1. The van der Waals surface area contributed by atoms with E-state index < -0.39 is 17.8 Å². The quantitative estimate of drug-likeness (QED) is 0.452. The number of benzene rings is 2. The molecule has 2 aromatic carbocycles. The van der Waals surface area contributed by atoms with Gasteiger partial charge in [-0.1, -0.05) is 18.2 Å². The number of rotatable bonds is 6. The number of imide groups is 1. The molecule has 1 saturated heterocycles. The van der Waals surface area contributed by atoms with E-state index in [-0.39, 0.29) is 17.8 Å². The monoisotopic (exact) mass is 433 g/mol. The molecule has 3 amide bonds. The second kappa shape index (κ2) is 8.70. The zero-order chi connectivity index (χ0) is 22.8. The normalized spacial score (nSPS) is 14.9. The lowest BCUT2D eigenvalue weighted by Gasteiger charge is -2.12. The summed E-state index contributed by atoms with van der Waals surface area (Å²) in [6.45, 7) is 6.35. The van der Waals surface area contributed by atoms with Crippen LogP contribution in [0.15, 0.2) is 60.3 Å². The maximum Gasteiger partial charge on any atom is 0.329 e. The van der Waals surface area contributed by atoms with Crippen LogP contribution in [0.4, 0.5) is 9.18 Å². The van der Waals surface area contributed by atoms with Crippen LogP contribution in [0.1, 0.15) is 29.4 Å². The van der Waals surface area contributed by atoms with Crippen molar-refractivity contribution in [2.75, 3.05) is 6.61 Å². The maximum atomic E-state index is 14.0. The van der Waals surface area contributed by atoms with Gasteiger partial charge in [0.15, 0.2) is 0 Å². The Labute approximate surface area is 185 Å². The van der Waals surface area contributed by atoms with Gasteiger partial charge in [0.2, 0.25) is 0 Å². The average Bonchev–Trinajstić information content (AvgIpc) is 3.20. The molecule has 1 fully saturated rings. The molecule has 164 valence electrons. The number of carbonyl (C=O) groups excluding carboxylic acids is 2. The first-order valence-electron chi connectivity index (χ1n) is 10.4. The molecule has 3 aromatic rings. The van der Waals surface area contributed by atoms with E-state index in [4.69, 9.17) is 4.74 Å². The summed E-state index contributed by atoms with van der Waals surface area (Å²) >= 11 is 0. The molecule has 0 radical (unpaired) electrons. The Balaban J connectivity index is 1.60. The van der Waals surface area contributed by atoms with Crippen LogP contribution >= 0.6 is 0 Å². The van der Waals surface area contributed by atoms with Crippen molar-refractivity contribution < 1.29 is 18.7 Å². The van der Waals surface area contributed by atoms with Crippen LogP contribution in [-0.2, 0) is 11.3 Å². The van der Waals surface area contributed by atoms with E-state index >= 15 is 0 Å². The minimum absolute atomic E-state index is 0.125. The fourth-order valence-corrected chi connectivity index (χ4v) is 3.86. The lowest BCUT2D eigenvalue weighted by molar-refractivity contribution is -0.123. The fourth-order valence-electron chi connectivity index (χ4n) is 3.86. The molecule has 1 aliphatic heterocycles. The van der Waals surface area contributed by atoms with Gasteiger partial charge in [0.05, 0.1) is 13.2 Å². The number of hydrogen-bond acceptors (Lipinski definition) is 3. The number of urea groups is 1. The van der Waals surface area contributed by atoms with Crippen LogP contribution < -0.4 is 10.1 Å². The van der Waals surface area contributed by atoms with E-state index in [2.05, 4.69) is 9.88 Å². The number of aryl methyl sites for hydroxylation is 1. The van der Waals surface area contributed by atoms with Gasteiger partial charge in [-0.15, -0.1) is 0 Å². The van der Waals surface area contributed by atoms with Gasteiger partial charge in [0.25, 0.3) is 5.91 Å². The number of nitrogens with one attached hydrogen (secondary N) is 1. The third kappa shape index (κ3) is 4.01. The predicted molar refractivity (Wildman–Crippen MR) is 120 cm³/mol. The van der Waals surface area contributed by atoms with Crippen molar-refractivity contribution in [1.82, 2.24) is 14.8 Å². The summed E-state index contributed by atoms with van der Waals surface area (Å²) in [6.07, 6.45) is 1.66. The molecule has 0 aliphatic carbocycles. The standard InChI is InChI=1S/C25H24FN3O3/c1-4-32-21-11-9-20(10-12-21)29-16(2)13-19(17(29)3)14-23-24(30)28(25(31)27-23)15-18-7-5-6-8-22(18)26/h5-14H,4,15H2,1-3H3,(H,27,31)/b23-14+. The van der Waals surface area contributed by atoms with Crippen LogP contribution in [0.25, 0.3) is 11.8 Å². The SMILES string of the molecule is CCOc1ccc(-n2c(C)cc(/C=C3/NC(=O)N(Cc4ccccc4F)C3=O)c2C)cc1. The predicted octanol–water partition coefficient (Wildman–Crippen LogP) is 4.72. The second-order valence-electron chi connectivity index (χ2n) is 7.56. The minimum Gasteiger partial charge on any atom is -0.494 e. The van der Waals surface area contributed by atoms with E-state index in [1.165, 1.54) is 6.07 Å². The lowest BCUT2D eigenvalue weighted by atomic mass is 10.2. The Morgan fingerprint density at radius 3 is 2.47 bits per heavy atom. The summed E-state index contributed by atoms with van der Waals surface area (Å²) in [6, 6.07) is 15.3. The fraction of sp³-hybridized carbons (Fsp3) is 0.200. The van der Waals surface area contributed by atoms with Crippen molar-refractivity contribution in [2.24, 2.45) is 0 Å². The van der Waals surface area contributed by atoms with E-state index in [0.29, 0.717) is 6.61 Å². The van der Waals surface area contributed by atoms with Crippen LogP contribution in [0.5, 0.6) is 5.75 Å². The molecule has 1 N–H and O–H groups in total. The molecule has 0 unspecified atom stereocenters. The Morgan fingerprint density at radius 2 is 1.78 bits per heavy atom. The smallest absolute Gasteiger partial charge is 0.329 e. The summed E-state index contributed by atoms with van der Waals surface area (Å²) in [7, 11) is 0. The molecule has 0 atom stereocenters. The molecule has 32 heavy (non-hydrogen) atoms. The van der Waals surface area contributed by atoms with Crippen molar-refractivity contribution in [2.45, 2.75) is 27.3 Å². The van der Waals surface area contributed by atoms with Crippen LogP contribution in [0, 0.1) is 19.7 Å². The first-order chi connectivity index (χ1) is 15.4. The van der Waals surface area contributed by atoms with Gasteiger partial charge in [0.1, 0.15) is 17.3 Å². The van der Waals surface area contributed by atoms with E-state index in [0.717, 1.165) is 33.3 Å². The number of amides is 3. The summed E-state index contributed by atoms with van der Waals surface area (Å²) in [5.74, 6) is -0.135. The van der Waals surface area contributed by atoms with Crippen LogP contribution in [0.3, 0.4) is 0 Å². The summed E-state index contributed by atoms with van der Waals surface area (Å²) in [4.78, 5) is 26.2. The third-order valence-electron chi connectivity index (χ3n) is 5.42. The highest BCUT2D eigenvalue weighted by molar-refractivity contribution is 6.14. The molecule has 1 aliphatic rings. The van der Waals surface area contributed by atoms with Crippen LogP contribution in [0.2, 0.25) is 0 Å². The minimum atomic E-state index is -0.565. The van der Waals surface area contributed by atoms with Crippen molar-refractivity contribution in [1.29, 1.82) is 0 Å². The van der Waals surface area contributed by atoms with Crippen molar-refractivity contribution >= 4 is 18.0 Å². The zero-order valence-corrected chi connectivity index (χ0v) is 18.2. The molecule has 0 spiro atoms. The summed E-state index contributed by atoms with van der Waals surface area (Å²) in [5.41, 5.74) is 4.14. The highest BCUT2D eigenvalue weighted by Crippen LogP contribution is 2.26. The highest BCUT2D eigenvalue weighted by atomic mass is 19.1. The molecule has 7 heteroatoms. The molecule has 1 aromatic heterocycles. The van der Waals surface area contributed by atoms with Crippen LogP contribution in [-0.4, -0.2) is 28.0 Å². The van der Waals surface area contributed by atoms with E-state index in [1.54, 1.807) is 24.3 Å². The average molecular weight is 433 g/mol. The molecular weight excluding hydrogens is 409 g/mol. The number of ether oxygens (including phenoxy) is 1. The first kappa shape index (κ1) is 21.4. The number of nitrogens with zero attached hydrogens (tertiary/aromatic N) is 2. The van der Waals surface area contributed by atoms with Gasteiger partial charge in [-0.2, -0.15) is 0 Å². The second-order valence-corrected chi connectivity index (χ2v) is 7.56. The molecule has 4 rings (SSSR count). The van der Waals surface area contributed by atoms with Crippen molar-refractivity contribution in [3.63, 3.8) is 0 Å². The number of carbonyl (C=O) groups is 2. The number of halogens is 1. The van der Waals surface area contributed by atoms with Gasteiger partial charge >= 0.3 is 6.03 Å². The molecule has 2 heterocycles. The van der Waals surface area contributed by atoms with Crippen molar-refractivity contribution in [3.8, 4) is 11.4 Å². The Bertz CT molecular complexity index is 1210. The number of aromatic nitrogens is 1. The maximum absolute atomic E-state index is 14.0. The van der Waals surface area contributed by atoms with Gasteiger partial charge in [-0.25, -0.2) is 9.18 Å². The molecule has 0 saturated carbocycles.